The van der Waals surface area contributed by atoms with Gasteiger partial charge < -0.3 is 5.32 Å². The SMILES string of the molecule is CC1CCCC(NC(=O)C(C)(C)Br)CC1. The van der Waals surface area contributed by atoms with E-state index in [1.54, 1.807) is 0 Å². The van der Waals surface area contributed by atoms with Crippen LogP contribution < -0.4 is 5.32 Å². The lowest BCUT2D eigenvalue weighted by Crippen LogP contribution is -2.43. The van der Waals surface area contributed by atoms with Gasteiger partial charge in [0.25, 0.3) is 0 Å². The zero-order valence-corrected chi connectivity index (χ0v) is 11.6. The van der Waals surface area contributed by atoms with Crippen molar-refractivity contribution in [1.29, 1.82) is 0 Å². The normalized spacial score (nSPS) is 28.3. The summed E-state index contributed by atoms with van der Waals surface area (Å²) in [5, 5.41) is 3.13. The Morgan fingerprint density at radius 1 is 1.27 bits per heavy atom. The molecule has 3 heteroatoms. The number of hydrogen-bond donors (Lipinski definition) is 1. The summed E-state index contributed by atoms with van der Waals surface area (Å²) in [6, 6.07) is 0.388. The fourth-order valence-corrected chi connectivity index (χ4v) is 2.10. The first-order valence-electron chi connectivity index (χ1n) is 5.89. The molecule has 0 aromatic heterocycles. The number of alkyl halides is 1. The summed E-state index contributed by atoms with van der Waals surface area (Å²) in [7, 11) is 0. The van der Waals surface area contributed by atoms with Crippen molar-refractivity contribution in [3.63, 3.8) is 0 Å². The Bertz CT molecular complexity index is 222. The fourth-order valence-electron chi connectivity index (χ4n) is 1.99. The minimum Gasteiger partial charge on any atom is -0.352 e. The maximum absolute atomic E-state index is 11.8. The largest absolute Gasteiger partial charge is 0.352 e. The van der Waals surface area contributed by atoms with Crippen molar-refractivity contribution in [3.05, 3.63) is 0 Å². The van der Waals surface area contributed by atoms with Crippen molar-refractivity contribution >= 4 is 21.8 Å². The molecule has 0 spiro atoms. The van der Waals surface area contributed by atoms with Gasteiger partial charge in [0, 0.05) is 6.04 Å². The fraction of sp³-hybridized carbons (Fsp3) is 0.917. The molecule has 0 heterocycles. The molecule has 0 aliphatic heterocycles. The Hall–Kier alpha value is -0.0500. The Kier molecular flexibility index (Phi) is 4.63. The van der Waals surface area contributed by atoms with Crippen LogP contribution in [0.5, 0.6) is 0 Å². The number of hydrogen-bond acceptors (Lipinski definition) is 1. The number of carbonyl (C=O) groups excluding carboxylic acids is 1. The van der Waals surface area contributed by atoms with Crippen LogP contribution >= 0.6 is 15.9 Å². The lowest BCUT2D eigenvalue weighted by atomic mass is 10.0. The van der Waals surface area contributed by atoms with Crippen LogP contribution in [0.1, 0.15) is 52.9 Å². The van der Waals surface area contributed by atoms with Gasteiger partial charge in [0.2, 0.25) is 5.91 Å². The first kappa shape index (κ1) is 13.0. The second-order valence-electron chi connectivity index (χ2n) is 5.26. The molecule has 0 saturated heterocycles. The van der Waals surface area contributed by atoms with E-state index in [0.717, 1.165) is 18.8 Å². The van der Waals surface area contributed by atoms with E-state index in [4.69, 9.17) is 0 Å². The predicted octanol–water partition coefficient (Wildman–Crippen LogP) is 3.24. The Morgan fingerprint density at radius 2 is 1.93 bits per heavy atom. The topological polar surface area (TPSA) is 29.1 Å². The molecule has 0 radical (unpaired) electrons. The van der Waals surface area contributed by atoms with Crippen LogP contribution in [0.4, 0.5) is 0 Å². The molecule has 2 nitrogen and oxygen atoms in total. The lowest BCUT2D eigenvalue weighted by Gasteiger charge is -2.22. The molecular formula is C12H22BrNO. The van der Waals surface area contributed by atoms with Crippen LogP contribution in [-0.2, 0) is 4.79 Å². The zero-order valence-electron chi connectivity index (χ0n) is 9.98. The summed E-state index contributed by atoms with van der Waals surface area (Å²) in [4.78, 5) is 11.8. The van der Waals surface area contributed by atoms with Gasteiger partial charge in [-0.3, -0.25) is 4.79 Å². The first-order valence-corrected chi connectivity index (χ1v) is 6.69. The van der Waals surface area contributed by atoms with Gasteiger partial charge in [0.15, 0.2) is 0 Å². The van der Waals surface area contributed by atoms with E-state index in [1.165, 1.54) is 19.3 Å². The lowest BCUT2D eigenvalue weighted by molar-refractivity contribution is -0.123. The number of halogens is 1. The van der Waals surface area contributed by atoms with E-state index in [1.807, 2.05) is 13.8 Å². The van der Waals surface area contributed by atoms with E-state index in [0.29, 0.717) is 6.04 Å². The molecule has 0 aromatic carbocycles. The Labute approximate surface area is 101 Å². The van der Waals surface area contributed by atoms with E-state index in [2.05, 4.69) is 28.2 Å². The molecule has 1 amide bonds. The van der Waals surface area contributed by atoms with Gasteiger partial charge >= 0.3 is 0 Å². The van der Waals surface area contributed by atoms with Crippen LogP contribution in [0.2, 0.25) is 0 Å². The van der Waals surface area contributed by atoms with Gasteiger partial charge in [-0.1, -0.05) is 35.7 Å². The van der Waals surface area contributed by atoms with Gasteiger partial charge in [-0.2, -0.15) is 0 Å². The molecule has 2 atom stereocenters. The summed E-state index contributed by atoms with van der Waals surface area (Å²) < 4.78 is -0.440. The molecule has 0 bridgehead atoms. The van der Waals surface area contributed by atoms with Crippen molar-refractivity contribution in [2.45, 2.75) is 63.2 Å². The second kappa shape index (κ2) is 5.33. The maximum Gasteiger partial charge on any atom is 0.236 e. The van der Waals surface area contributed by atoms with Crippen LogP contribution in [0.15, 0.2) is 0 Å². The standard InChI is InChI=1S/C12H22BrNO/c1-9-5-4-6-10(8-7-9)14-11(15)12(2,3)13/h9-10H,4-8H2,1-3H3,(H,14,15). The van der Waals surface area contributed by atoms with Crippen molar-refractivity contribution in [1.82, 2.24) is 5.32 Å². The monoisotopic (exact) mass is 275 g/mol. The van der Waals surface area contributed by atoms with Crippen molar-refractivity contribution < 1.29 is 4.79 Å². The van der Waals surface area contributed by atoms with Crippen molar-refractivity contribution in [2.75, 3.05) is 0 Å². The zero-order chi connectivity index (χ0) is 11.5. The van der Waals surface area contributed by atoms with Gasteiger partial charge in [0.05, 0.1) is 4.32 Å². The number of carbonyl (C=O) groups is 1. The van der Waals surface area contributed by atoms with Crippen molar-refractivity contribution in [3.8, 4) is 0 Å². The molecule has 1 aliphatic carbocycles. The van der Waals surface area contributed by atoms with Gasteiger partial charge in [-0.05, 0) is 39.0 Å². The average Bonchev–Trinajstić information content (AvgIpc) is 2.29. The van der Waals surface area contributed by atoms with E-state index < -0.39 is 4.32 Å². The molecule has 2 unspecified atom stereocenters. The molecule has 1 fully saturated rings. The average molecular weight is 276 g/mol. The van der Waals surface area contributed by atoms with Crippen LogP contribution in [0.3, 0.4) is 0 Å². The summed E-state index contributed by atoms with van der Waals surface area (Å²) in [6.07, 6.45) is 6.07. The highest BCUT2D eigenvalue weighted by Gasteiger charge is 2.26. The number of amides is 1. The third kappa shape index (κ3) is 4.54. The number of rotatable bonds is 2. The maximum atomic E-state index is 11.8. The van der Waals surface area contributed by atoms with E-state index in [-0.39, 0.29) is 5.91 Å². The first-order chi connectivity index (χ1) is 6.89. The molecule has 1 rings (SSSR count). The molecule has 15 heavy (non-hydrogen) atoms. The van der Waals surface area contributed by atoms with Crippen molar-refractivity contribution in [2.24, 2.45) is 5.92 Å². The minimum atomic E-state index is -0.440. The van der Waals surface area contributed by atoms with Crippen LogP contribution in [-0.4, -0.2) is 16.3 Å². The molecule has 0 aromatic rings. The molecule has 88 valence electrons. The van der Waals surface area contributed by atoms with Gasteiger partial charge in [-0.15, -0.1) is 0 Å². The third-order valence-electron chi connectivity index (χ3n) is 3.13. The summed E-state index contributed by atoms with van der Waals surface area (Å²) >= 11 is 3.39. The van der Waals surface area contributed by atoms with E-state index >= 15 is 0 Å². The summed E-state index contributed by atoms with van der Waals surface area (Å²) in [6.45, 7) is 6.09. The molecule has 1 N–H and O–H groups in total. The highest BCUT2D eigenvalue weighted by Crippen LogP contribution is 2.24. The summed E-state index contributed by atoms with van der Waals surface area (Å²) in [5.41, 5.74) is 0. The predicted molar refractivity (Wildman–Crippen MR) is 67.2 cm³/mol. The Balaban J connectivity index is 2.41. The third-order valence-corrected chi connectivity index (χ3v) is 3.49. The summed E-state index contributed by atoms with van der Waals surface area (Å²) in [5.74, 6) is 0.936. The second-order valence-corrected chi connectivity index (χ2v) is 7.24. The highest BCUT2D eigenvalue weighted by molar-refractivity contribution is 9.10. The Morgan fingerprint density at radius 3 is 2.53 bits per heavy atom. The minimum absolute atomic E-state index is 0.113. The van der Waals surface area contributed by atoms with Crippen LogP contribution in [0.25, 0.3) is 0 Å². The quantitative estimate of drug-likeness (QED) is 0.609. The van der Waals surface area contributed by atoms with Gasteiger partial charge in [0.1, 0.15) is 0 Å². The molecule has 1 saturated carbocycles. The van der Waals surface area contributed by atoms with Crippen LogP contribution in [0, 0.1) is 5.92 Å². The van der Waals surface area contributed by atoms with Gasteiger partial charge in [-0.25, -0.2) is 0 Å². The number of nitrogens with one attached hydrogen (secondary N) is 1. The highest BCUT2D eigenvalue weighted by atomic mass is 79.9. The van der Waals surface area contributed by atoms with E-state index in [9.17, 15) is 4.79 Å². The molecule has 1 aliphatic rings. The smallest absolute Gasteiger partial charge is 0.236 e. The molecular weight excluding hydrogens is 254 g/mol.